The summed E-state index contributed by atoms with van der Waals surface area (Å²) in [5.74, 6) is -0.442. The molecule has 4 nitrogen and oxygen atoms in total. The molecule has 0 saturated carbocycles. The van der Waals surface area contributed by atoms with Crippen LogP contribution < -0.4 is 5.73 Å². The number of pyridine rings is 1. The fraction of sp³-hybridized carbons (Fsp3) is 0.500. The predicted molar refractivity (Wildman–Crippen MR) is 69.1 cm³/mol. The van der Waals surface area contributed by atoms with E-state index >= 15 is 0 Å². The van der Waals surface area contributed by atoms with Gasteiger partial charge in [-0.2, -0.15) is 0 Å². The highest BCUT2D eigenvalue weighted by Gasteiger charge is 2.13. The lowest BCUT2D eigenvalue weighted by Crippen LogP contribution is -2.12. The van der Waals surface area contributed by atoms with Gasteiger partial charge in [0.1, 0.15) is 0 Å². The lowest BCUT2D eigenvalue weighted by atomic mass is 10.2. The predicted octanol–water partition coefficient (Wildman–Crippen LogP) is 2.79. The van der Waals surface area contributed by atoms with Crippen molar-refractivity contribution in [3.8, 4) is 0 Å². The molecule has 0 radical (unpaired) electrons. The van der Waals surface area contributed by atoms with Gasteiger partial charge >= 0.3 is 5.97 Å². The highest BCUT2D eigenvalue weighted by Crippen LogP contribution is 2.14. The van der Waals surface area contributed by atoms with E-state index in [1.807, 2.05) is 0 Å². The zero-order valence-electron chi connectivity index (χ0n) is 10.5. The molecule has 17 heavy (non-hydrogen) atoms. The second kappa shape index (κ2) is 8.96. The van der Waals surface area contributed by atoms with Gasteiger partial charge in [-0.05, 0) is 13.0 Å². The summed E-state index contributed by atoms with van der Waals surface area (Å²) in [7, 11) is 0. The maximum Gasteiger partial charge on any atom is 0.340 e. The number of rotatable bonds is 3. The smallest absolute Gasteiger partial charge is 0.340 e. The Morgan fingerprint density at radius 2 is 2.06 bits per heavy atom. The molecule has 0 aliphatic carbocycles. The lowest BCUT2D eigenvalue weighted by Gasteiger charge is -2.06. The van der Waals surface area contributed by atoms with Gasteiger partial charge in [0.15, 0.2) is 0 Å². The van der Waals surface area contributed by atoms with Gasteiger partial charge in [0, 0.05) is 12.7 Å². The number of nitrogens with two attached hydrogens (primary N) is 1. The molecule has 96 valence electrons. The number of carbonyl (C=O) groups is 1. The van der Waals surface area contributed by atoms with Crippen molar-refractivity contribution in [2.75, 3.05) is 6.61 Å². The average molecular weight is 259 g/mol. The first-order chi connectivity index (χ1) is 8.10. The molecule has 0 aromatic carbocycles. The van der Waals surface area contributed by atoms with Crippen molar-refractivity contribution < 1.29 is 9.53 Å². The van der Waals surface area contributed by atoms with Crippen LogP contribution >= 0.6 is 11.6 Å². The van der Waals surface area contributed by atoms with Crippen LogP contribution in [0.3, 0.4) is 0 Å². The second-order valence-electron chi connectivity index (χ2n) is 3.28. The molecule has 2 N–H and O–H groups in total. The topological polar surface area (TPSA) is 65.2 Å². The van der Waals surface area contributed by atoms with Crippen molar-refractivity contribution in [2.24, 2.45) is 5.73 Å². The third-order valence-electron chi connectivity index (χ3n) is 1.63. The van der Waals surface area contributed by atoms with Gasteiger partial charge in [0.05, 0.1) is 22.9 Å². The van der Waals surface area contributed by atoms with Crippen LogP contribution in [0.1, 0.15) is 43.2 Å². The van der Waals surface area contributed by atoms with Gasteiger partial charge in [-0.15, -0.1) is 0 Å². The fourth-order valence-corrected chi connectivity index (χ4v) is 1.17. The van der Waals surface area contributed by atoms with Crippen LogP contribution in [-0.2, 0) is 11.3 Å². The van der Waals surface area contributed by atoms with Crippen LogP contribution in [0.15, 0.2) is 12.3 Å². The van der Waals surface area contributed by atoms with E-state index in [-0.39, 0.29) is 6.54 Å². The molecule has 5 heteroatoms. The molecule has 1 aromatic heterocycles. The number of ether oxygens (including phenoxy) is 1. The highest BCUT2D eigenvalue weighted by molar-refractivity contribution is 6.30. The molecule has 0 fully saturated rings. The third-order valence-corrected chi connectivity index (χ3v) is 1.83. The zero-order valence-corrected chi connectivity index (χ0v) is 11.3. The van der Waals surface area contributed by atoms with Crippen molar-refractivity contribution >= 4 is 17.6 Å². The monoisotopic (exact) mass is 258 g/mol. The lowest BCUT2D eigenvalue weighted by molar-refractivity contribution is 0.0524. The maximum atomic E-state index is 11.4. The van der Waals surface area contributed by atoms with E-state index in [4.69, 9.17) is 22.1 Å². The summed E-state index contributed by atoms with van der Waals surface area (Å²) >= 11 is 5.71. The number of halogens is 1. The van der Waals surface area contributed by atoms with E-state index in [9.17, 15) is 4.79 Å². The number of hydrogen-bond donors (Lipinski definition) is 1. The summed E-state index contributed by atoms with van der Waals surface area (Å²) in [6.07, 6.45) is 2.70. The average Bonchev–Trinajstić information content (AvgIpc) is 2.30. The van der Waals surface area contributed by atoms with E-state index in [2.05, 4.69) is 18.8 Å². The summed E-state index contributed by atoms with van der Waals surface area (Å²) in [5.41, 5.74) is 6.25. The van der Waals surface area contributed by atoms with E-state index in [0.717, 1.165) is 0 Å². The quantitative estimate of drug-likeness (QED) is 0.847. The van der Waals surface area contributed by atoms with E-state index in [0.29, 0.717) is 22.9 Å². The zero-order chi connectivity index (χ0) is 13.3. The van der Waals surface area contributed by atoms with Gasteiger partial charge < -0.3 is 10.5 Å². The second-order valence-corrected chi connectivity index (χ2v) is 3.72. The summed E-state index contributed by atoms with van der Waals surface area (Å²) in [5, 5.41) is 0.394. The Morgan fingerprint density at radius 1 is 1.47 bits per heavy atom. The fourth-order valence-electron chi connectivity index (χ4n) is 1.02. The van der Waals surface area contributed by atoms with Crippen LogP contribution in [0.5, 0.6) is 0 Å². The molecule has 0 spiro atoms. The Kier molecular flexibility index (Phi) is 8.36. The van der Waals surface area contributed by atoms with E-state index in [1.54, 1.807) is 6.92 Å². The molecule has 0 aliphatic heterocycles. The molecule has 1 rings (SSSR count). The SMILES string of the molecule is CCC.CCOC(=O)c1cc(Cl)cnc1CN. The summed E-state index contributed by atoms with van der Waals surface area (Å²) in [4.78, 5) is 15.3. The van der Waals surface area contributed by atoms with Gasteiger partial charge in [-0.25, -0.2) is 4.79 Å². The normalized spacial score (nSPS) is 9.24. The van der Waals surface area contributed by atoms with Gasteiger partial charge in [-0.3, -0.25) is 4.98 Å². The molecule has 0 amide bonds. The Morgan fingerprint density at radius 3 is 2.53 bits per heavy atom. The molecule has 1 heterocycles. The number of esters is 1. The van der Waals surface area contributed by atoms with Crippen molar-refractivity contribution in [3.05, 3.63) is 28.5 Å². The number of hydrogen-bond acceptors (Lipinski definition) is 4. The van der Waals surface area contributed by atoms with Gasteiger partial charge in [0.2, 0.25) is 0 Å². The Bertz CT molecular complexity index is 356. The van der Waals surface area contributed by atoms with Crippen LogP contribution in [0.4, 0.5) is 0 Å². The van der Waals surface area contributed by atoms with Crippen LogP contribution in [0.2, 0.25) is 5.02 Å². The number of aromatic nitrogens is 1. The van der Waals surface area contributed by atoms with E-state index in [1.165, 1.54) is 18.7 Å². The maximum absolute atomic E-state index is 11.4. The molecule has 0 atom stereocenters. The van der Waals surface area contributed by atoms with Crippen molar-refractivity contribution in [2.45, 2.75) is 33.7 Å². The van der Waals surface area contributed by atoms with Crippen LogP contribution in [0.25, 0.3) is 0 Å². The Balaban J connectivity index is 0.000000770. The van der Waals surface area contributed by atoms with Crippen molar-refractivity contribution in [1.82, 2.24) is 4.98 Å². The molecule has 0 bridgehead atoms. The minimum atomic E-state index is -0.442. The summed E-state index contributed by atoms with van der Waals surface area (Å²) in [6, 6.07) is 1.51. The Labute approximate surface area is 107 Å². The number of carbonyl (C=O) groups excluding carboxylic acids is 1. The van der Waals surface area contributed by atoms with Gasteiger partial charge in [-0.1, -0.05) is 31.9 Å². The molecule has 0 saturated heterocycles. The minimum Gasteiger partial charge on any atom is -0.462 e. The van der Waals surface area contributed by atoms with Crippen LogP contribution in [-0.4, -0.2) is 17.6 Å². The van der Waals surface area contributed by atoms with Crippen molar-refractivity contribution in [3.63, 3.8) is 0 Å². The first-order valence-corrected chi connectivity index (χ1v) is 5.99. The third kappa shape index (κ3) is 5.65. The highest BCUT2D eigenvalue weighted by atomic mass is 35.5. The minimum absolute atomic E-state index is 0.186. The molecule has 1 aromatic rings. The number of nitrogens with zero attached hydrogens (tertiary/aromatic N) is 1. The largest absolute Gasteiger partial charge is 0.462 e. The molecule has 0 aliphatic rings. The molecular formula is C12H19ClN2O2. The van der Waals surface area contributed by atoms with Gasteiger partial charge in [0.25, 0.3) is 0 Å². The first kappa shape index (κ1) is 15.9. The standard InChI is InChI=1S/C9H11ClN2O2.C3H8/c1-2-14-9(13)7-3-6(10)5-12-8(7)4-11;1-3-2/h3,5H,2,4,11H2,1H3;3H2,1-2H3. The van der Waals surface area contributed by atoms with E-state index < -0.39 is 5.97 Å². The molecular weight excluding hydrogens is 240 g/mol. The first-order valence-electron chi connectivity index (χ1n) is 5.62. The summed E-state index contributed by atoms with van der Waals surface area (Å²) in [6.45, 7) is 6.48. The van der Waals surface area contributed by atoms with Crippen LogP contribution in [0, 0.1) is 0 Å². The Hall–Kier alpha value is -1.13. The summed E-state index contributed by atoms with van der Waals surface area (Å²) < 4.78 is 4.83. The molecule has 0 unspecified atom stereocenters. The van der Waals surface area contributed by atoms with Crippen molar-refractivity contribution in [1.29, 1.82) is 0 Å².